The molecule has 0 saturated heterocycles. The van der Waals surface area contributed by atoms with Gasteiger partial charge in [0.25, 0.3) is 0 Å². The van der Waals surface area contributed by atoms with Crippen molar-refractivity contribution in [3.8, 4) is 0 Å². The number of amides is 1. The minimum absolute atomic E-state index is 0.0602. The van der Waals surface area contributed by atoms with Crippen molar-refractivity contribution in [1.29, 1.82) is 0 Å². The number of aromatic nitrogens is 2. The molecule has 6 nitrogen and oxygen atoms in total. The van der Waals surface area contributed by atoms with Crippen molar-refractivity contribution in [2.45, 2.75) is 47.0 Å². The number of carbonyl (C=O) groups excluding carboxylic acids is 2. The van der Waals surface area contributed by atoms with E-state index in [1.54, 1.807) is 24.9 Å². The summed E-state index contributed by atoms with van der Waals surface area (Å²) < 4.78 is 15.0. The molecule has 136 valence electrons. The van der Waals surface area contributed by atoms with Gasteiger partial charge in [-0.3, -0.25) is 9.79 Å². The third-order valence-electron chi connectivity index (χ3n) is 3.62. The zero-order valence-corrected chi connectivity index (χ0v) is 15.3. The standard InChI is InChI=1S/C18H25FN4O2/c1-6-22(18(25)9-7-8-14(3)24)17-12-23(21-15(17)4)13(2)10-16(19)11-20-5/h10-12H,5-9H2,1-4H3/b13-10+,16-11+. The first-order chi connectivity index (χ1) is 11.8. The third kappa shape index (κ3) is 6.10. The van der Waals surface area contributed by atoms with Gasteiger partial charge in [-0.1, -0.05) is 0 Å². The summed E-state index contributed by atoms with van der Waals surface area (Å²) >= 11 is 0. The Morgan fingerprint density at radius 3 is 2.64 bits per heavy atom. The van der Waals surface area contributed by atoms with E-state index < -0.39 is 5.83 Å². The van der Waals surface area contributed by atoms with Crippen LogP contribution in [-0.4, -0.2) is 34.7 Å². The Bertz CT molecular complexity index is 704. The van der Waals surface area contributed by atoms with Gasteiger partial charge in [0.05, 0.1) is 23.8 Å². The van der Waals surface area contributed by atoms with Crippen molar-refractivity contribution >= 4 is 29.8 Å². The van der Waals surface area contributed by atoms with E-state index in [-0.39, 0.29) is 11.7 Å². The molecule has 1 heterocycles. The van der Waals surface area contributed by atoms with E-state index in [2.05, 4.69) is 16.8 Å². The lowest BCUT2D eigenvalue weighted by atomic mass is 10.1. The lowest BCUT2D eigenvalue weighted by Gasteiger charge is -2.19. The monoisotopic (exact) mass is 348 g/mol. The summed E-state index contributed by atoms with van der Waals surface area (Å²) in [7, 11) is 0. The van der Waals surface area contributed by atoms with Crippen LogP contribution in [0.25, 0.3) is 5.70 Å². The second-order valence-corrected chi connectivity index (χ2v) is 5.72. The van der Waals surface area contributed by atoms with Crippen molar-refractivity contribution in [3.63, 3.8) is 0 Å². The average molecular weight is 348 g/mol. The maximum atomic E-state index is 13.5. The fourth-order valence-electron chi connectivity index (χ4n) is 2.39. The highest BCUT2D eigenvalue weighted by Crippen LogP contribution is 2.22. The zero-order chi connectivity index (χ0) is 19.0. The number of aryl methyl sites for hydroxylation is 1. The van der Waals surface area contributed by atoms with E-state index in [1.807, 2.05) is 6.92 Å². The quantitative estimate of drug-likeness (QED) is 0.505. The van der Waals surface area contributed by atoms with Gasteiger partial charge in [0.15, 0.2) is 0 Å². The Kier molecular flexibility index (Phi) is 7.91. The van der Waals surface area contributed by atoms with Crippen LogP contribution in [-0.2, 0) is 9.59 Å². The summed E-state index contributed by atoms with van der Waals surface area (Å²) in [5.41, 5.74) is 1.89. The molecule has 1 aromatic heterocycles. The van der Waals surface area contributed by atoms with E-state index in [1.165, 1.54) is 17.7 Å². The number of anilines is 1. The van der Waals surface area contributed by atoms with Gasteiger partial charge in [-0.2, -0.15) is 5.10 Å². The molecule has 0 spiro atoms. The summed E-state index contributed by atoms with van der Waals surface area (Å²) in [5, 5.41) is 4.34. The van der Waals surface area contributed by atoms with Crippen molar-refractivity contribution in [3.05, 3.63) is 30.0 Å². The van der Waals surface area contributed by atoms with Crippen LogP contribution in [0.1, 0.15) is 45.7 Å². The zero-order valence-electron chi connectivity index (χ0n) is 15.3. The minimum atomic E-state index is -0.533. The molecule has 25 heavy (non-hydrogen) atoms. The van der Waals surface area contributed by atoms with Crippen LogP contribution in [0.2, 0.25) is 0 Å². The predicted octanol–water partition coefficient (Wildman–Crippen LogP) is 3.68. The molecule has 0 unspecified atom stereocenters. The average Bonchev–Trinajstić information content (AvgIpc) is 2.90. The van der Waals surface area contributed by atoms with E-state index in [4.69, 9.17) is 0 Å². The number of ketones is 1. The lowest BCUT2D eigenvalue weighted by molar-refractivity contribution is -0.119. The molecule has 0 aliphatic rings. The number of Topliss-reactive ketones (excluding diaryl/α,β-unsaturated/α-hetero) is 1. The highest BCUT2D eigenvalue weighted by Gasteiger charge is 2.19. The maximum absolute atomic E-state index is 13.5. The highest BCUT2D eigenvalue weighted by atomic mass is 19.1. The largest absolute Gasteiger partial charge is 0.310 e. The Balaban J connectivity index is 2.98. The van der Waals surface area contributed by atoms with Gasteiger partial charge in [-0.15, -0.1) is 0 Å². The topological polar surface area (TPSA) is 67.6 Å². The third-order valence-corrected chi connectivity index (χ3v) is 3.62. The van der Waals surface area contributed by atoms with E-state index in [0.29, 0.717) is 42.9 Å². The summed E-state index contributed by atoms with van der Waals surface area (Å²) in [5.74, 6) is -0.519. The predicted molar refractivity (Wildman–Crippen MR) is 98.2 cm³/mol. The van der Waals surface area contributed by atoms with Crippen molar-refractivity contribution in [2.24, 2.45) is 4.99 Å². The van der Waals surface area contributed by atoms with Crippen molar-refractivity contribution in [2.75, 3.05) is 11.4 Å². The van der Waals surface area contributed by atoms with Gasteiger partial charge in [0.2, 0.25) is 5.91 Å². The van der Waals surface area contributed by atoms with Crippen LogP contribution in [0.5, 0.6) is 0 Å². The molecule has 0 fully saturated rings. The number of nitrogens with zero attached hydrogens (tertiary/aromatic N) is 4. The van der Waals surface area contributed by atoms with Crippen LogP contribution in [0, 0.1) is 6.92 Å². The SMILES string of the molecule is C=N/C=C(F)\C=C(/C)n1cc(N(CC)C(=O)CCCC(C)=O)c(C)n1. The second kappa shape index (κ2) is 9.66. The van der Waals surface area contributed by atoms with Crippen LogP contribution >= 0.6 is 0 Å². The van der Waals surface area contributed by atoms with Gasteiger partial charge in [0, 0.05) is 25.1 Å². The number of carbonyl (C=O) groups is 2. The molecule has 0 radical (unpaired) electrons. The Morgan fingerprint density at radius 1 is 1.40 bits per heavy atom. The molecule has 1 amide bonds. The number of hydrogen-bond donors (Lipinski definition) is 0. The van der Waals surface area contributed by atoms with Crippen LogP contribution < -0.4 is 4.90 Å². The fraction of sp³-hybridized carbons (Fsp3) is 0.444. The van der Waals surface area contributed by atoms with E-state index in [9.17, 15) is 14.0 Å². The molecule has 0 bridgehead atoms. The first kappa shape index (κ1) is 20.5. The lowest BCUT2D eigenvalue weighted by Crippen LogP contribution is -2.30. The first-order valence-electron chi connectivity index (χ1n) is 8.16. The molecule has 0 saturated carbocycles. The Hall–Kier alpha value is -2.57. The molecule has 0 aromatic carbocycles. The number of aliphatic imine (C=N–C) groups is 1. The highest BCUT2D eigenvalue weighted by molar-refractivity contribution is 5.94. The van der Waals surface area contributed by atoms with Gasteiger partial charge in [-0.05, 0) is 46.9 Å². The number of rotatable bonds is 9. The van der Waals surface area contributed by atoms with Gasteiger partial charge in [-0.25, -0.2) is 9.07 Å². The maximum Gasteiger partial charge on any atom is 0.227 e. The molecule has 0 aliphatic carbocycles. The number of halogens is 1. The van der Waals surface area contributed by atoms with Gasteiger partial charge < -0.3 is 9.69 Å². The van der Waals surface area contributed by atoms with Gasteiger partial charge >= 0.3 is 0 Å². The van der Waals surface area contributed by atoms with Crippen LogP contribution in [0.3, 0.4) is 0 Å². The second-order valence-electron chi connectivity index (χ2n) is 5.72. The van der Waals surface area contributed by atoms with Crippen molar-refractivity contribution in [1.82, 2.24) is 9.78 Å². The Labute approximate surface area is 147 Å². The van der Waals surface area contributed by atoms with Crippen molar-refractivity contribution < 1.29 is 14.0 Å². The normalized spacial score (nSPS) is 12.2. The Morgan fingerprint density at radius 2 is 2.08 bits per heavy atom. The molecule has 0 N–H and O–H groups in total. The molecule has 0 aliphatic heterocycles. The summed E-state index contributed by atoms with van der Waals surface area (Å²) in [4.78, 5) is 28.4. The first-order valence-corrected chi connectivity index (χ1v) is 8.16. The van der Waals surface area contributed by atoms with Crippen LogP contribution in [0.15, 0.2) is 29.3 Å². The molecule has 1 aromatic rings. The summed E-state index contributed by atoms with van der Waals surface area (Å²) in [6.45, 7) is 10.6. The smallest absolute Gasteiger partial charge is 0.227 e. The summed E-state index contributed by atoms with van der Waals surface area (Å²) in [6, 6.07) is 0. The molecule has 0 atom stereocenters. The summed E-state index contributed by atoms with van der Waals surface area (Å²) in [6.07, 6.45) is 5.22. The molecule has 7 heteroatoms. The van der Waals surface area contributed by atoms with E-state index in [0.717, 1.165) is 6.20 Å². The number of hydrogen-bond acceptors (Lipinski definition) is 4. The van der Waals surface area contributed by atoms with Crippen LogP contribution in [0.4, 0.5) is 10.1 Å². The van der Waals surface area contributed by atoms with E-state index >= 15 is 0 Å². The molecular weight excluding hydrogens is 323 g/mol. The number of allylic oxidation sites excluding steroid dienone is 3. The fourth-order valence-corrected chi connectivity index (χ4v) is 2.39. The van der Waals surface area contributed by atoms with Gasteiger partial charge in [0.1, 0.15) is 11.6 Å². The molecular formula is C18H25FN4O2. The minimum Gasteiger partial charge on any atom is -0.310 e. The molecule has 1 rings (SSSR count).